The number of hydrogen-bond donors (Lipinski definition) is 0. The van der Waals surface area contributed by atoms with Gasteiger partial charge >= 0.3 is 5.97 Å². The minimum Gasteiger partial charge on any atom is -0.458 e. The highest BCUT2D eigenvalue weighted by molar-refractivity contribution is 5.83. The molecule has 6 aliphatic carbocycles. The number of rotatable bonds is 1. The van der Waals surface area contributed by atoms with Crippen LogP contribution in [-0.2, 0) is 14.3 Å². The lowest BCUT2D eigenvalue weighted by Crippen LogP contribution is -2.56. The van der Waals surface area contributed by atoms with Crippen LogP contribution in [0.25, 0.3) is 0 Å². The molecular formula is C24H30O3. The van der Waals surface area contributed by atoms with Crippen LogP contribution in [0, 0.1) is 46.8 Å². The Labute approximate surface area is 161 Å². The number of fused-ring (bicyclic) bond motifs is 11. The second kappa shape index (κ2) is 4.71. The van der Waals surface area contributed by atoms with E-state index in [9.17, 15) is 9.59 Å². The molecule has 4 saturated carbocycles. The molecule has 7 unspecified atom stereocenters. The van der Waals surface area contributed by atoms with E-state index in [1.807, 2.05) is 0 Å². The molecule has 9 atom stereocenters. The zero-order valence-corrected chi connectivity index (χ0v) is 16.3. The number of esters is 1. The third-order valence-electron chi connectivity index (χ3n) is 10.5. The predicted molar refractivity (Wildman–Crippen MR) is 99.6 cm³/mol. The van der Waals surface area contributed by atoms with Gasteiger partial charge in [-0.2, -0.15) is 0 Å². The van der Waals surface area contributed by atoms with Crippen molar-refractivity contribution in [2.75, 3.05) is 0 Å². The summed E-state index contributed by atoms with van der Waals surface area (Å²) in [5, 5.41) is 0. The highest BCUT2D eigenvalue weighted by Gasteiger charge is 2.80. The first kappa shape index (κ1) is 15.8. The fourth-order valence-electron chi connectivity index (χ4n) is 9.67. The normalized spacial score (nSPS) is 56.9. The Balaban J connectivity index is 1.33. The Hall–Kier alpha value is -1.12. The van der Waals surface area contributed by atoms with Gasteiger partial charge in [-0.15, -0.1) is 0 Å². The van der Waals surface area contributed by atoms with Crippen molar-refractivity contribution in [3.05, 3.63) is 11.1 Å². The van der Waals surface area contributed by atoms with E-state index in [1.165, 1.54) is 32.1 Å². The second-order valence-electron chi connectivity index (χ2n) is 10.9. The van der Waals surface area contributed by atoms with E-state index in [-0.39, 0.29) is 17.0 Å². The van der Waals surface area contributed by atoms with Crippen LogP contribution in [0.15, 0.2) is 11.1 Å². The van der Waals surface area contributed by atoms with Gasteiger partial charge in [0.25, 0.3) is 0 Å². The summed E-state index contributed by atoms with van der Waals surface area (Å²) in [6.45, 7) is 2.38. The molecule has 27 heavy (non-hydrogen) atoms. The van der Waals surface area contributed by atoms with Gasteiger partial charge in [0.2, 0.25) is 0 Å². The molecular weight excluding hydrogens is 336 g/mol. The minimum atomic E-state index is -0.110. The number of Topliss-reactive ketones (excluding diaryl/α,β-unsaturated/α-hetero) is 1. The van der Waals surface area contributed by atoms with E-state index in [4.69, 9.17) is 4.74 Å². The first-order valence-electron chi connectivity index (χ1n) is 11.5. The summed E-state index contributed by atoms with van der Waals surface area (Å²) in [4.78, 5) is 24.3. The molecule has 1 aliphatic heterocycles. The van der Waals surface area contributed by atoms with Gasteiger partial charge in [0.05, 0.1) is 0 Å². The van der Waals surface area contributed by atoms with Crippen molar-refractivity contribution in [2.45, 2.75) is 76.7 Å². The smallest absolute Gasteiger partial charge is 0.306 e. The van der Waals surface area contributed by atoms with E-state index < -0.39 is 0 Å². The number of carbonyl (C=O) groups is 2. The third-order valence-corrected chi connectivity index (χ3v) is 10.5. The molecule has 0 aromatic heterocycles. The summed E-state index contributed by atoms with van der Waals surface area (Å²) in [5.41, 5.74) is 3.46. The number of carbonyl (C=O) groups excluding carboxylic acids is 2. The monoisotopic (exact) mass is 366 g/mol. The molecule has 0 N–H and O–H groups in total. The average Bonchev–Trinajstić information content (AvgIpc) is 3.57. The van der Waals surface area contributed by atoms with Gasteiger partial charge in [-0.25, -0.2) is 0 Å². The van der Waals surface area contributed by atoms with Gasteiger partial charge in [-0.1, -0.05) is 18.1 Å². The lowest BCUT2D eigenvalue weighted by Gasteiger charge is -2.57. The Morgan fingerprint density at radius 2 is 1.89 bits per heavy atom. The van der Waals surface area contributed by atoms with Gasteiger partial charge in [0.1, 0.15) is 11.4 Å². The Bertz CT molecular complexity index is 810. The second-order valence-corrected chi connectivity index (χ2v) is 10.9. The van der Waals surface area contributed by atoms with Gasteiger partial charge in [0, 0.05) is 30.6 Å². The largest absolute Gasteiger partial charge is 0.458 e. The molecule has 0 aromatic carbocycles. The molecule has 144 valence electrons. The van der Waals surface area contributed by atoms with Crippen molar-refractivity contribution in [3.8, 4) is 0 Å². The molecule has 3 heteroatoms. The van der Waals surface area contributed by atoms with Crippen molar-refractivity contribution in [1.29, 1.82) is 0 Å². The maximum Gasteiger partial charge on any atom is 0.306 e. The molecule has 0 amide bonds. The molecule has 3 nitrogen and oxygen atoms in total. The van der Waals surface area contributed by atoms with Crippen molar-refractivity contribution < 1.29 is 14.3 Å². The van der Waals surface area contributed by atoms with Crippen LogP contribution in [0.4, 0.5) is 0 Å². The molecule has 7 rings (SSSR count). The van der Waals surface area contributed by atoms with E-state index in [1.54, 1.807) is 11.1 Å². The summed E-state index contributed by atoms with van der Waals surface area (Å²) >= 11 is 0. The van der Waals surface area contributed by atoms with E-state index in [0.717, 1.165) is 61.2 Å². The SMILES string of the molecule is CC[C@]12CCC3C4=C(CC(=O)CC4)C4CC4C3C1C1CC1[C@@]21CCC(=O)O1. The van der Waals surface area contributed by atoms with Gasteiger partial charge in [-0.3, -0.25) is 9.59 Å². The Morgan fingerprint density at radius 3 is 2.67 bits per heavy atom. The topological polar surface area (TPSA) is 43.4 Å². The van der Waals surface area contributed by atoms with Crippen LogP contribution in [0.3, 0.4) is 0 Å². The molecule has 1 saturated heterocycles. The highest BCUT2D eigenvalue weighted by atomic mass is 16.6. The predicted octanol–water partition coefficient (Wildman–Crippen LogP) is 4.45. The molecule has 5 fully saturated rings. The first-order chi connectivity index (χ1) is 13.1. The lowest BCUT2D eigenvalue weighted by atomic mass is 9.49. The van der Waals surface area contributed by atoms with Crippen molar-refractivity contribution in [2.24, 2.45) is 46.8 Å². The van der Waals surface area contributed by atoms with E-state index in [0.29, 0.717) is 18.1 Å². The van der Waals surface area contributed by atoms with Crippen LogP contribution in [-0.4, -0.2) is 17.4 Å². The quantitative estimate of drug-likeness (QED) is 0.509. The maximum absolute atomic E-state index is 12.2. The summed E-state index contributed by atoms with van der Waals surface area (Å²) in [6, 6.07) is 0. The zero-order valence-electron chi connectivity index (χ0n) is 16.3. The van der Waals surface area contributed by atoms with Gasteiger partial charge in [0.15, 0.2) is 0 Å². The van der Waals surface area contributed by atoms with E-state index in [2.05, 4.69) is 6.92 Å². The fourth-order valence-corrected chi connectivity index (χ4v) is 9.67. The van der Waals surface area contributed by atoms with Crippen molar-refractivity contribution in [3.63, 3.8) is 0 Å². The Kier molecular flexibility index (Phi) is 2.75. The van der Waals surface area contributed by atoms with E-state index >= 15 is 0 Å². The first-order valence-corrected chi connectivity index (χ1v) is 11.5. The number of allylic oxidation sites excluding steroid dienone is 2. The van der Waals surface area contributed by atoms with Crippen molar-refractivity contribution >= 4 is 11.8 Å². The number of ketones is 1. The fraction of sp³-hybridized carbons (Fsp3) is 0.833. The molecule has 0 bridgehead atoms. The van der Waals surface area contributed by atoms with Crippen LogP contribution in [0.1, 0.15) is 71.1 Å². The maximum atomic E-state index is 12.2. The average molecular weight is 367 g/mol. The summed E-state index contributed by atoms with van der Waals surface area (Å²) in [7, 11) is 0. The van der Waals surface area contributed by atoms with Gasteiger partial charge in [-0.05, 0) is 80.5 Å². The molecule has 1 heterocycles. The van der Waals surface area contributed by atoms with Crippen LogP contribution < -0.4 is 0 Å². The summed E-state index contributed by atoms with van der Waals surface area (Å²) < 4.78 is 6.28. The lowest BCUT2D eigenvalue weighted by molar-refractivity contribution is -0.176. The van der Waals surface area contributed by atoms with Crippen LogP contribution in [0.5, 0.6) is 0 Å². The molecule has 0 aromatic rings. The zero-order chi connectivity index (χ0) is 18.1. The Morgan fingerprint density at radius 1 is 1.00 bits per heavy atom. The standard InChI is InChI=1S/C24H30O3/c1-2-23-7-5-14-13-4-3-12(25)9-15(13)16-10-17(16)21(14)22(23)18-11-19(18)24(23)8-6-20(26)27-24/h14,16-19,21-22H,2-11H2,1H3/t14?,16?,17?,18?,19?,21?,22?,23-,24-/m0/s1. The van der Waals surface area contributed by atoms with Gasteiger partial charge < -0.3 is 4.74 Å². The summed E-state index contributed by atoms with van der Waals surface area (Å²) in [6.07, 6.45) is 10.6. The molecule has 0 radical (unpaired) electrons. The summed E-state index contributed by atoms with van der Waals surface area (Å²) in [5.74, 6) is 5.95. The van der Waals surface area contributed by atoms with Crippen molar-refractivity contribution in [1.82, 2.24) is 0 Å². The number of ether oxygens (including phenoxy) is 1. The third kappa shape index (κ3) is 1.65. The van der Waals surface area contributed by atoms with Crippen LogP contribution >= 0.6 is 0 Å². The molecule has 7 aliphatic rings. The number of hydrogen-bond acceptors (Lipinski definition) is 3. The van der Waals surface area contributed by atoms with Crippen LogP contribution in [0.2, 0.25) is 0 Å². The molecule has 1 spiro atoms. The minimum absolute atomic E-state index is 0.0694. The highest BCUT2D eigenvalue weighted by Crippen LogP contribution is 2.81.